The lowest BCUT2D eigenvalue weighted by Gasteiger charge is -2.30. The highest BCUT2D eigenvalue weighted by atomic mass is 19.1. The standard InChI is InChI=1S/C39H39F2N7O4/c40-26-6-13-36-44-29(22-46(36)21-26)19-42-28-7-9-30(10-8-28)48-38(51)35-17-27(41)18-43-37(35)47(39(48)52)31-4-1-3-24(15-31)34-12-11-33(50)16-25(34)20-45-14-2-5-32(45)23-49/h1,3-4,6,11-13,15-18,21-22,28,30,32,42,49-50H,2,5,7-10,14,19-20,23H2/t28?,30?,32-/m1/s1. The number of nitrogens with zero attached hydrogens (tertiary/aromatic N) is 6. The SMILES string of the molecule is O=c1c2cc(F)cnc2n(-c2cccc(-c3ccc(O)cc3CN3CCC[C@@H]3CO)c2)c(=O)n1C1CCC(NCc2cn3cc(F)ccc3n2)CC1. The van der Waals surface area contributed by atoms with Crippen molar-refractivity contribution in [1.82, 2.24) is 33.7 Å². The van der Waals surface area contributed by atoms with Crippen LogP contribution in [0.4, 0.5) is 8.78 Å². The van der Waals surface area contributed by atoms with E-state index < -0.39 is 23.1 Å². The zero-order valence-corrected chi connectivity index (χ0v) is 28.5. The molecular weight excluding hydrogens is 668 g/mol. The van der Waals surface area contributed by atoms with E-state index in [0.717, 1.165) is 54.0 Å². The van der Waals surface area contributed by atoms with Crippen molar-refractivity contribution in [2.45, 2.75) is 69.7 Å². The van der Waals surface area contributed by atoms with Gasteiger partial charge in [-0.15, -0.1) is 0 Å². The Kier molecular flexibility index (Phi) is 9.16. The minimum Gasteiger partial charge on any atom is -0.508 e. The van der Waals surface area contributed by atoms with Crippen molar-refractivity contribution in [3.63, 3.8) is 0 Å². The summed E-state index contributed by atoms with van der Waals surface area (Å²) in [5, 5.41) is 23.8. The number of aromatic nitrogens is 5. The minimum atomic E-state index is -0.672. The van der Waals surface area contributed by atoms with Crippen LogP contribution in [0.15, 0.2) is 88.8 Å². The number of hydrogen-bond acceptors (Lipinski definition) is 8. The zero-order valence-electron chi connectivity index (χ0n) is 28.5. The number of hydrogen-bond donors (Lipinski definition) is 3. The molecule has 1 atom stereocenters. The number of phenolic OH excluding ortho intramolecular Hbond substituents is 1. The first-order valence-electron chi connectivity index (χ1n) is 17.7. The lowest BCUT2D eigenvalue weighted by atomic mass is 9.91. The topological polar surface area (TPSA) is 130 Å². The number of phenols is 1. The summed E-state index contributed by atoms with van der Waals surface area (Å²) < 4.78 is 32.5. The number of aliphatic hydroxyl groups is 1. The second-order valence-electron chi connectivity index (χ2n) is 13.9. The van der Waals surface area contributed by atoms with Crippen molar-refractivity contribution < 1.29 is 19.0 Å². The molecule has 2 aromatic carbocycles. The average Bonchev–Trinajstić information content (AvgIpc) is 3.77. The van der Waals surface area contributed by atoms with Crippen LogP contribution < -0.4 is 16.6 Å². The van der Waals surface area contributed by atoms with Crippen molar-refractivity contribution in [3.05, 3.63) is 123 Å². The highest BCUT2D eigenvalue weighted by Gasteiger charge is 2.28. The van der Waals surface area contributed by atoms with Gasteiger partial charge in [-0.05, 0) is 104 Å². The number of pyridine rings is 2. The molecule has 8 rings (SSSR count). The molecule has 0 unspecified atom stereocenters. The molecule has 11 nitrogen and oxygen atoms in total. The van der Waals surface area contributed by atoms with Crippen LogP contribution in [0, 0.1) is 11.6 Å². The van der Waals surface area contributed by atoms with Crippen LogP contribution in [-0.2, 0) is 13.1 Å². The summed E-state index contributed by atoms with van der Waals surface area (Å²) in [5.74, 6) is -0.879. The largest absolute Gasteiger partial charge is 0.508 e. The first-order valence-corrected chi connectivity index (χ1v) is 17.7. The van der Waals surface area contributed by atoms with E-state index >= 15 is 0 Å². The van der Waals surface area contributed by atoms with Gasteiger partial charge in [0.2, 0.25) is 0 Å². The summed E-state index contributed by atoms with van der Waals surface area (Å²) in [6, 6.07) is 16.5. The maximum Gasteiger partial charge on any atom is 0.337 e. The normalized spacial score (nSPS) is 19.6. The summed E-state index contributed by atoms with van der Waals surface area (Å²) in [6.07, 6.45) is 8.59. The average molecular weight is 708 g/mol. The highest BCUT2D eigenvalue weighted by Crippen LogP contribution is 2.32. The van der Waals surface area contributed by atoms with Crippen LogP contribution in [0.25, 0.3) is 33.5 Å². The molecule has 4 aromatic heterocycles. The van der Waals surface area contributed by atoms with E-state index in [4.69, 9.17) is 0 Å². The van der Waals surface area contributed by atoms with Gasteiger partial charge in [0.25, 0.3) is 5.56 Å². The van der Waals surface area contributed by atoms with E-state index in [1.165, 1.54) is 21.4 Å². The Balaban J connectivity index is 1.09. The summed E-state index contributed by atoms with van der Waals surface area (Å²) in [5.41, 5.74) is 3.38. The van der Waals surface area contributed by atoms with Crippen LogP contribution in [-0.4, -0.2) is 63.9 Å². The second kappa shape index (κ2) is 14.1. The van der Waals surface area contributed by atoms with Gasteiger partial charge in [0.05, 0.1) is 29.6 Å². The third-order valence-corrected chi connectivity index (χ3v) is 10.6. The van der Waals surface area contributed by atoms with Crippen molar-refractivity contribution in [2.24, 2.45) is 0 Å². The van der Waals surface area contributed by atoms with Crippen LogP contribution in [0.1, 0.15) is 55.8 Å². The van der Waals surface area contributed by atoms with E-state index in [0.29, 0.717) is 50.1 Å². The number of aromatic hydroxyl groups is 1. The molecule has 6 aromatic rings. The second-order valence-corrected chi connectivity index (χ2v) is 13.9. The van der Waals surface area contributed by atoms with E-state index in [1.807, 2.05) is 24.3 Å². The van der Waals surface area contributed by atoms with Gasteiger partial charge in [0.15, 0.2) is 5.65 Å². The van der Waals surface area contributed by atoms with Crippen LogP contribution in [0.5, 0.6) is 5.75 Å². The molecule has 52 heavy (non-hydrogen) atoms. The summed E-state index contributed by atoms with van der Waals surface area (Å²) >= 11 is 0. The summed E-state index contributed by atoms with van der Waals surface area (Å²) in [7, 11) is 0. The Morgan fingerprint density at radius 1 is 0.923 bits per heavy atom. The highest BCUT2D eigenvalue weighted by molar-refractivity contribution is 5.77. The molecule has 2 aliphatic rings. The number of nitrogens with one attached hydrogen (secondary N) is 1. The zero-order chi connectivity index (χ0) is 35.9. The molecule has 0 bridgehead atoms. The molecule has 3 N–H and O–H groups in total. The number of fused-ring (bicyclic) bond motifs is 2. The van der Waals surface area contributed by atoms with E-state index in [2.05, 4.69) is 20.2 Å². The molecule has 1 saturated heterocycles. The quantitative estimate of drug-likeness (QED) is 0.190. The Hall–Kier alpha value is -5.24. The molecule has 1 aliphatic heterocycles. The monoisotopic (exact) mass is 707 g/mol. The Labute approximate surface area is 297 Å². The lowest BCUT2D eigenvalue weighted by Crippen LogP contribution is -2.44. The maximum atomic E-state index is 14.6. The van der Waals surface area contributed by atoms with Gasteiger partial charge in [0, 0.05) is 43.6 Å². The molecule has 2 fully saturated rings. The minimum absolute atomic E-state index is 0.0166. The number of likely N-dealkylation sites (tertiary alicyclic amines) is 1. The van der Waals surface area contributed by atoms with Crippen molar-refractivity contribution in [1.29, 1.82) is 0 Å². The molecule has 5 heterocycles. The Bertz CT molecular complexity index is 2400. The third-order valence-electron chi connectivity index (χ3n) is 10.6. The van der Waals surface area contributed by atoms with Crippen molar-refractivity contribution in [2.75, 3.05) is 13.2 Å². The van der Waals surface area contributed by atoms with E-state index in [9.17, 15) is 28.6 Å². The maximum absolute atomic E-state index is 14.6. The number of aliphatic hydroxyl groups excluding tert-OH is 1. The van der Waals surface area contributed by atoms with Gasteiger partial charge < -0.3 is 19.9 Å². The fourth-order valence-electron chi connectivity index (χ4n) is 7.96. The molecular formula is C39H39F2N7O4. The molecule has 0 amide bonds. The van der Waals surface area contributed by atoms with Gasteiger partial charge in [0.1, 0.15) is 23.0 Å². The Morgan fingerprint density at radius 2 is 1.77 bits per heavy atom. The molecule has 268 valence electrons. The molecule has 1 saturated carbocycles. The van der Waals surface area contributed by atoms with Gasteiger partial charge in [-0.3, -0.25) is 14.3 Å². The fourth-order valence-corrected chi connectivity index (χ4v) is 7.96. The summed E-state index contributed by atoms with van der Waals surface area (Å²) in [6.45, 7) is 1.93. The van der Waals surface area contributed by atoms with Crippen LogP contribution >= 0.6 is 0 Å². The number of halogens is 2. The van der Waals surface area contributed by atoms with E-state index in [-0.39, 0.29) is 41.3 Å². The van der Waals surface area contributed by atoms with Crippen molar-refractivity contribution in [3.8, 4) is 22.6 Å². The predicted octanol–water partition coefficient (Wildman–Crippen LogP) is 5.08. The van der Waals surface area contributed by atoms with Gasteiger partial charge in [-0.1, -0.05) is 18.2 Å². The van der Waals surface area contributed by atoms with E-state index in [1.54, 1.807) is 34.9 Å². The summed E-state index contributed by atoms with van der Waals surface area (Å²) in [4.78, 5) is 39.3. The molecule has 1 aliphatic carbocycles. The third kappa shape index (κ3) is 6.51. The van der Waals surface area contributed by atoms with Gasteiger partial charge in [-0.2, -0.15) is 0 Å². The lowest BCUT2D eigenvalue weighted by molar-refractivity contribution is 0.153. The molecule has 13 heteroatoms. The van der Waals surface area contributed by atoms with Gasteiger partial charge in [-0.25, -0.2) is 28.1 Å². The number of benzene rings is 2. The fraction of sp³-hybridized carbons (Fsp3) is 0.333. The molecule has 0 spiro atoms. The number of imidazole rings is 1. The smallest absolute Gasteiger partial charge is 0.337 e. The predicted molar refractivity (Wildman–Crippen MR) is 192 cm³/mol. The van der Waals surface area contributed by atoms with Gasteiger partial charge >= 0.3 is 5.69 Å². The van der Waals surface area contributed by atoms with Crippen molar-refractivity contribution >= 4 is 16.7 Å². The first-order chi connectivity index (χ1) is 25.2. The first kappa shape index (κ1) is 33.9. The van der Waals surface area contributed by atoms with Crippen LogP contribution in [0.3, 0.4) is 0 Å². The van der Waals surface area contributed by atoms with Crippen LogP contribution in [0.2, 0.25) is 0 Å². The number of rotatable bonds is 9. The molecule has 0 radical (unpaired) electrons. The Morgan fingerprint density at radius 3 is 2.60 bits per heavy atom.